The van der Waals surface area contributed by atoms with Crippen molar-refractivity contribution < 1.29 is 14.4 Å². The van der Waals surface area contributed by atoms with Crippen molar-refractivity contribution in [2.45, 2.75) is 19.3 Å². The van der Waals surface area contributed by atoms with Gasteiger partial charge in [0.25, 0.3) is 5.91 Å². The van der Waals surface area contributed by atoms with Crippen LogP contribution in [0.25, 0.3) is 0 Å². The predicted octanol–water partition coefficient (Wildman–Crippen LogP) is 0.915. The second-order valence-electron chi connectivity index (χ2n) is 7.71. The van der Waals surface area contributed by atoms with Gasteiger partial charge in [0.05, 0.1) is 6.42 Å². The molecule has 4 rings (SSSR count). The number of hydrazone groups is 1. The van der Waals surface area contributed by atoms with Gasteiger partial charge in [-0.05, 0) is 23.8 Å². The van der Waals surface area contributed by atoms with Crippen molar-refractivity contribution in [2.75, 3.05) is 43.4 Å². The Labute approximate surface area is 185 Å². The molecule has 2 aromatic rings. The largest absolute Gasteiger partial charge is 0.339 e. The first-order valence-electron chi connectivity index (χ1n) is 10.5. The molecular formula is C22H25N7O3. The highest BCUT2D eigenvalue weighted by Crippen LogP contribution is 2.15. The Morgan fingerprint density at radius 1 is 1.00 bits per heavy atom. The van der Waals surface area contributed by atoms with Gasteiger partial charge < -0.3 is 15.1 Å². The third-order valence-corrected chi connectivity index (χ3v) is 5.50. The number of carbonyl (C=O) groups is 3. The zero-order valence-electron chi connectivity index (χ0n) is 17.9. The average Bonchev–Trinajstić information content (AvgIpc) is 2.82. The minimum absolute atomic E-state index is 0.0691. The summed E-state index contributed by atoms with van der Waals surface area (Å²) in [7, 11) is 1.54. The van der Waals surface area contributed by atoms with Crippen LogP contribution < -0.4 is 10.2 Å². The molecule has 0 aliphatic carbocycles. The van der Waals surface area contributed by atoms with Gasteiger partial charge in [-0.1, -0.05) is 12.1 Å². The summed E-state index contributed by atoms with van der Waals surface area (Å²) in [5, 5.41) is 8.00. The lowest BCUT2D eigenvalue weighted by Crippen LogP contribution is -2.49. The fourth-order valence-electron chi connectivity index (χ4n) is 3.64. The molecule has 2 aliphatic heterocycles. The van der Waals surface area contributed by atoms with E-state index in [-0.39, 0.29) is 24.1 Å². The highest BCUT2D eigenvalue weighted by atomic mass is 16.2. The maximum absolute atomic E-state index is 12.7. The molecule has 0 saturated carbocycles. The van der Waals surface area contributed by atoms with Gasteiger partial charge >= 0.3 is 0 Å². The molecule has 1 aromatic carbocycles. The van der Waals surface area contributed by atoms with Crippen LogP contribution in [-0.2, 0) is 20.8 Å². The van der Waals surface area contributed by atoms with Crippen LogP contribution in [0.2, 0.25) is 0 Å². The van der Waals surface area contributed by atoms with Gasteiger partial charge in [-0.3, -0.25) is 14.4 Å². The highest BCUT2D eigenvalue weighted by Gasteiger charge is 2.23. The van der Waals surface area contributed by atoms with Crippen LogP contribution in [0, 0.1) is 0 Å². The predicted molar refractivity (Wildman–Crippen MR) is 119 cm³/mol. The van der Waals surface area contributed by atoms with Crippen molar-refractivity contribution in [1.29, 1.82) is 0 Å². The SMILES string of the molecule is CN1N=C(C(=O)Nc2ccc(CC(=O)N3CCN(c4ncccn4)CC3)cc2)CCC1=O. The number of benzene rings is 1. The first kappa shape index (κ1) is 21.4. The summed E-state index contributed by atoms with van der Waals surface area (Å²) >= 11 is 0. The molecule has 2 aliphatic rings. The average molecular weight is 435 g/mol. The van der Waals surface area contributed by atoms with Gasteiger partial charge in [0, 0.05) is 64.1 Å². The zero-order chi connectivity index (χ0) is 22.5. The molecule has 3 heterocycles. The normalized spacial score (nSPS) is 16.6. The van der Waals surface area contributed by atoms with Gasteiger partial charge in [-0.15, -0.1) is 0 Å². The fourth-order valence-corrected chi connectivity index (χ4v) is 3.64. The van der Waals surface area contributed by atoms with Crippen LogP contribution in [0.1, 0.15) is 18.4 Å². The van der Waals surface area contributed by atoms with Crippen LogP contribution in [-0.4, -0.2) is 76.5 Å². The Bertz CT molecular complexity index is 1020. The molecule has 1 saturated heterocycles. The Hall–Kier alpha value is -3.82. The zero-order valence-corrected chi connectivity index (χ0v) is 17.9. The monoisotopic (exact) mass is 435 g/mol. The van der Waals surface area contributed by atoms with Gasteiger partial charge in [0.2, 0.25) is 17.8 Å². The fraction of sp³-hybridized carbons (Fsp3) is 0.364. The number of carbonyl (C=O) groups excluding carboxylic acids is 3. The van der Waals surface area contributed by atoms with E-state index in [1.54, 1.807) is 30.6 Å². The molecule has 1 N–H and O–H groups in total. The van der Waals surface area contributed by atoms with Crippen molar-refractivity contribution >= 4 is 35.1 Å². The molecular weight excluding hydrogens is 410 g/mol. The first-order chi connectivity index (χ1) is 15.5. The smallest absolute Gasteiger partial charge is 0.271 e. The molecule has 0 radical (unpaired) electrons. The van der Waals surface area contributed by atoms with Crippen molar-refractivity contribution in [3.63, 3.8) is 0 Å². The van der Waals surface area contributed by atoms with Crippen LogP contribution in [0.4, 0.5) is 11.6 Å². The number of amides is 3. The molecule has 0 atom stereocenters. The number of piperazine rings is 1. The summed E-state index contributed by atoms with van der Waals surface area (Å²) in [6.07, 6.45) is 4.33. The number of aromatic nitrogens is 2. The quantitative estimate of drug-likeness (QED) is 0.748. The standard InChI is InChI=1S/C22H25N7O3/c1-27-19(30)8-7-18(26-27)21(32)25-17-5-3-16(4-6-17)15-20(31)28-11-13-29(14-12-28)22-23-9-2-10-24-22/h2-6,9-10H,7-8,11-15H2,1H3,(H,25,32). The molecule has 0 unspecified atom stereocenters. The molecule has 0 bridgehead atoms. The summed E-state index contributed by atoms with van der Waals surface area (Å²) < 4.78 is 0. The van der Waals surface area contributed by atoms with E-state index in [4.69, 9.17) is 0 Å². The number of anilines is 2. The summed E-state index contributed by atoms with van der Waals surface area (Å²) in [6.45, 7) is 2.66. The van der Waals surface area contributed by atoms with Crippen LogP contribution >= 0.6 is 0 Å². The Balaban J connectivity index is 1.27. The van der Waals surface area contributed by atoms with Crippen molar-refractivity contribution in [3.8, 4) is 0 Å². The van der Waals surface area contributed by atoms with Gasteiger partial charge in [-0.2, -0.15) is 5.10 Å². The van der Waals surface area contributed by atoms with E-state index in [1.165, 1.54) is 12.1 Å². The summed E-state index contributed by atoms with van der Waals surface area (Å²) in [4.78, 5) is 49.0. The lowest BCUT2D eigenvalue weighted by Gasteiger charge is -2.34. The molecule has 3 amide bonds. The minimum Gasteiger partial charge on any atom is -0.339 e. The Kier molecular flexibility index (Phi) is 6.39. The first-order valence-corrected chi connectivity index (χ1v) is 10.5. The van der Waals surface area contributed by atoms with Gasteiger partial charge in [0.1, 0.15) is 5.71 Å². The molecule has 1 aromatic heterocycles. The Morgan fingerprint density at radius 2 is 1.69 bits per heavy atom. The van der Waals surface area contributed by atoms with Crippen LogP contribution in [0.3, 0.4) is 0 Å². The highest BCUT2D eigenvalue weighted by molar-refractivity contribution is 6.43. The van der Waals surface area contributed by atoms with E-state index >= 15 is 0 Å². The molecule has 0 spiro atoms. The van der Waals surface area contributed by atoms with Gasteiger partial charge in [-0.25, -0.2) is 15.0 Å². The summed E-state index contributed by atoms with van der Waals surface area (Å²) in [5.41, 5.74) is 1.82. The van der Waals surface area contributed by atoms with E-state index in [2.05, 4.69) is 25.3 Å². The number of rotatable bonds is 5. The van der Waals surface area contributed by atoms with E-state index in [1.807, 2.05) is 17.0 Å². The van der Waals surface area contributed by atoms with E-state index in [0.29, 0.717) is 56.4 Å². The van der Waals surface area contributed by atoms with E-state index < -0.39 is 0 Å². The van der Waals surface area contributed by atoms with Crippen LogP contribution in [0.5, 0.6) is 0 Å². The van der Waals surface area contributed by atoms with Crippen molar-refractivity contribution in [2.24, 2.45) is 5.10 Å². The minimum atomic E-state index is -0.326. The lowest BCUT2D eigenvalue weighted by atomic mass is 10.1. The lowest BCUT2D eigenvalue weighted by molar-refractivity contribution is -0.131. The second-order valence-corrected chi connectivity index (χ2v) is 7.71. The molecule has 166 valence electrons. The number of nitrogens with one attached hydrogen (secondary N) is 1. The van der Waals surface area contributed by atoms with Crippen molar-refractivity contribution in [1.82, 2.24) is 19.9 Å². The topological polar surface area (TPSA) is 111 Å². The molecule has 1 fully saturated rings. The van der Waals surface area contributed by atoms with E-state index in [0.717, 1.165) is 5.56 Å². The second kappa shape index (κ2) is 9.54. The number of hydrogen-bond acceptors (Lipinski definition) is 7. The molecule has 32 heavy (non-hydrogen) atoms. The van der Waals surface area contributed by atoms with Crippen molar-refractivity contribution in [3.05, 3.63) is 48.3 Å². The van der Waals surface area contributed by atoms with Crippen LogP contribution in [0.15, 0.2) is 47.8 Å². The molecule has 10 nitrogen and oxygen atoms in total. The maximum atomic E-state index is 12.7. The number of nitrogens with zero attached hydrogens (tertiary/aromatic N) is 6. The van der Waals surface area contributed by atoms with Gasteiger partial charge in [0.15, 0.2) is 0 Å². The molecule has 10 heteroatoms. The third kappa shape index (κ3) is 5.08. The Morgan fingerprint density at radius 3 is 2.34 bits per heavy atom. The maximum Gasteiger partial charge on any atom is 0.271 e. The number of hydrogen-bond donors (Lipinski definition) is 1. The summed E-state index contributed by atoms with van der Waals surface area (Å²) in [6, 6.07) is 8.98. The summed E-state index contributed by atoms with van der Waals surface area (Å²) in [5.74, 6) is 0.327. The third-order valence-electron chi connectivity index (χ3n) is 5.50. The van der Waals surface area contributed by atoms with E-state index in [9.17, 15) is 14.4 Å².